The number of pyridine rings is 1. The van der Waals surface area contributed by atoms with Crippen molar-refractivity contribution in [2.45, 2.75) is 59.2 Å². The van der Waals surface area contributed by atoms with E-state index in [0.29, 0.717) is 24.5 Å². The predicted molar refractivity (Wildman–Crippen MR) is 129 cm³/mol. The molecule has 0 amide bonds. The summed E-state index contributed by atoms with van der Waals surface area (Å²) in [5.41, 5.74) is 1.15. The van der Waals surface area contributed by atoms with Crippen molar-refractivity contribution in [2.24, 2.45) is 10.9 Å². The first-order valence-electron chi connectivity index (χ1n) is 10.6. The summed E-state index contributed by atoms with van der Waals surface area (Å²) in [7, 11) is 0. The molecular weight excluding hydrogens is 463 g/mol. The van der Waals surface area contributed by atoms with Crippen LogP contribution in [0.25, 0.3) is 0 Å². The summed E-state index contributed by atoms with van der Waals surface area (Å²) in [6, 6.07) is 5.34. The van der Waals surface area contributed by atoms with Gasteiger partial charge >= 0.3 is 0 Å². The summed E-state index contributed by atoms with van der Waals surface area (Å²) >= 11 is 0. The van der Waals surface area contributed by atoms with Crippen LogP contribution in [0.1, 0.15) is 46.1 Å². The molecule has 2 aliphatic rings. The van der Waals surface area contributed by atoms with Crippen LogP contribution in [0.5, 0.6) is 0 Å². The van der Waals surface area contributed by atoms with Crippen molar-refractivity contribution < 1.29 is 0 Å². The number of aliphatic imine (C=N–C) groups is 1. The topological polar surface area (TPSA) is 55.8 Å². The Kier molecular flexibility index (Phi) is 9.27. The van der Waals surface area contributed by atoms with E-state index in [1.165, 1.54) is 12.8 Å². The molecule has 3 rings (SSSR count). The smallest absolute Gasteiger partial charge is 0.191 e. The Morgan fingerprint density at radius 1 is 1.25 bits per heavy atom. The summed E-state index contributed by atoms with van der Waals surface area (Å²) in [5.74, 6) is 2.63. The van der Waals surface area contributed by atoms with Crippen LogP contribution in [0, 0.1) is 5.92 Å². The highest BCUT2D eigenvalue weighted by atomic mass is 127. The SMILES string of the molecule is CCNC(=NCc1ccc(N2CCCC2)nc1)NC1CN(C(C)C)CC1C.I. The number of rotatable bonds is 6. The van der Waals surface area contributed by atoms with Gasteiger partial charge in [0.15, 0.2) is 5.96 Å². The lowest BCUT2D eigenvalue weighted by molar-refractivity contribution is 0.265. The third kappa shape index (κ3) is 6.20. The van der Waals surface area contributed by atoms with E-state index in [2.05, 4.69) is 65.2 Å². The van der Waals surface area contributed by atoms with Gasteiger partial charge in [-0.2, -0.15) is 0 Å². The van der Waals surface area contributed by atoms with E-state index in [1.54, 1.807) is 0 Å². The molecule has 2 atom stereocenters. The first-order valence-corrected chi connectivity index (χ1v) is 10.6. The molecular formula is C21H37IN6. The molecule has 1 aromatic heterocycles. The minimum absolute atomic E-state index is 0. The highest BCUT2D eigenvalue weighted by Gasteiger charge is 2.31. The Balaban J connectivity index is 0.00000280. The second kappa shape index (κ2) is 11.2. The Labute approximate surface area is 187 Å². The molecule has 2 saturated heterocycles. The lowest BCUT2D eigenvalue weighted by Gasteiger charge is -2.22. The van der Waals surface area contributed by atoms with Crippen LogP contribution >= 0.6 is 24.0 Å². The van der Waals surface area contributed by atoms with Gasteiger partial charge in [-0.05, 0) is 51.2 Å². The molecule has 6 nitrogen and oxygen atoms in total. The van der Waals surface area contributed by atoms with Gasteiger partial charge in [0.05, 0.1) is 6.54 Å². The van der Waals surface area contributed by atoms with Crippen LogP contribution in [0.4, 0.5) is 5.82 Å². The molecule has 1 aromatic rings. The standard InChI is InChI=1S/C21H36N6.HI/c1-5-22-21(25-19-15-27(16(2)3)14-17(19)4)24-13-18-8-9-20(23-12-18)26-10-6-7-11-26;/h8-9,12,16-17,19H,5-7,10-11,13-15H2,1-4H3,(H2,22,24,25);1H. The molecule has 28 heavy (non-hydrogen) atoms. The Morgan fingerprint density at radius 3 is 2.57 bits per heavy atom. The fraction of sp³-hybridized carbons (Fsp3) is 0.714. The number of aromatic nitrogens is 1. The number of guanidine groups is 1. The van der Waals surface area contributed by atoms with E-state index in [4.69, 9.17) is 4.99 Å². The molecule has 2 fully saturated rings. The average molecular weight is 500 g/mol. The zero-order chi connectivity index (χ0) is 19.2. The summed E-state index contributed by atoms with van der Waals surface area (Å²) in [4.78, 5) is 14.3. The summed E-state index contributed by atoms with van der Waals surface area (Å²) in [6.07, 6.45) is 4.53. The number of hydrogen-bond acceptors (Lipinski definition) is 4. The molecule has 3 heterocycles. The van der Waals surface area contributed by atoms with E-state index in [9.17, 15) is 0 Å². The lowest BCUT2D eigenvalue weighted by Crippen LogP contribution is -2.46. The average Bonchev–Trinajstić information content (AvgIpc) is 3.31. The number of nitrogens with zero attached hydrogens (tertiary/aromatic N) is 4. The number of anilines is 1. The van der Waals surface area contributed by atoms with Gasteiger partial charge in [-0.1, -0.05) is 13.0 Å². The number of likely N-dealkylation sites (tertiary alicyclic amines) is 1. The molecule has 0 bridgehead atoms. The van der Waals surface area contributed by atoms with Gasteiger partial charge in [-0.3, -0.25) is 4.90 Å². The summed E-state index contributed by atoms with van der Waals surface area (Å²) in [6.45, 7) is 15.0. The van der Waals surface area contributed by atoms with E-state index in [-0.39, 0.29) is 24.0 Å². The van der Waals surface area contributed by atoms with Crippen molar-refractivity contribution in [1.82, 2.24) is 20.5 Å². The van der Waals surface area contributed by atoms with Crippen molar-refractivity contribution in [3.63, 3.8) is 0 Å². The maximum absolute atomic E-state index is 4.80. The van der Waals surface area contributed by atoms with Gasteiger partial charge in [0.25, 0.3) is 0 Å². The van der Waals surface area contributed by atoms with Crippen molar-refractivity contribution in [2.75, 3.05) is 37.6 Å². The van der Waals surface area contributed by atoms with Gasteiger partial charge in [0.2, 0.25) is 0 Å². The molecule has 0 saturated carbocycles. The van der Waals surface area contributed by atoms with Crippen molar-refractivity contribution in [3.8, 4) is 0 Å². The number of halogens is 1. The van der Waals surface area contributed by atoms with Gasteiger partial charge < -0.3 is 15.5 Å². The molecule has 7 heteroatoms. The Bertz CT molecular complexity index is 612. The second-order valence-corrected chi connectivity index (χ2v) is 8.19. The van der Waals surface area contributed by atoms with Gasteiger partial charge in [0.1, 0.15) is 5.82 Å². The number of hydrogen-bond donors (Lipinski definition) is 2. The monoisotopic (exact) mass is 500 g/mol. The minimum Gasteiger partial charge on any atom is -0.357 e. The van der Waals surface area contributed by atoms with Crippen LogP contribution in [-0.4, -0.2) is 60.7 Å². The lowest BCUT2D eigenvalue weighted by atomic mass is 10.1. The Hall–Kier alpha value is -1.09. The largest absolute Gasteiger partial charge is 0.357 e. The second-order valence-electron chi connectivity index (χ2n) is 8.19. The molecule has 0 spiro atoms. The molecule has 0 aliphatic carbocycles. The van der Waals surface area contributed by atoms with E-state index < -0.39 is 0 Å². The highest BCUT2D eigenvalue weighted by molar-refractivity contribution is 14.0. The predicted octanol–water partition coefficient (Wildman–Crippen LogP) is 3.08. The maximum Gasteiger partial charge on any atom is 0.191 e. The molecule has 2 unspecified atom stereocenters. The number of nitrogens with one attached hydrogen (secondary N) is 2. The third-order valence-corrected chi connectivity index (χ3v) is 5.70. The van der Waals surface area contributed by atoms with Crippen molar-refractivity contribution in [1.29, 1.82) is 0 Å². The maximum atomic E-state index is 4.80. The fourth-order valence-corrected chi connectivity index (χ4v) is 3.92. The Morgan fingerprint density at radius 2 is 2.00 bits per heavy atom. The summed E-state index contributed by atoms with van der Waals surface area (Å²) in [5, 5.41) is 7.04. The zero-order valence-corrected chi connectivity index (χ0v) is 20.1. The highest BCUT2D eigenvalue weighted by Crippen LogP contribution is 2.19. The van der Waals surface area contributed by atoms with E-state index in [1.807, 2.05) is 6.20 Å². The third-order valence-electron chi connectivity index (χ3n) is 5.70. The fourth-order valence-electron chi connectivity index (χ4n) is 3.92. The van der Waals surface area contributed by atoms with Gasteiger partial charge in [-0.15, -0.1) is 24.0 Å². The van der Waals surface area contributed by atoms with Crippen molar-refractivity contribution in [3.05, 3.63) is 23.9 Å². The van der Waals surface area contributed by atoms with Crippen LogP contribution in [0.2, 0.25) is 0 Å². The van der Waals surface area contributed by atoms with Gasteiger partial charge in [0, 0.05) is 51.0 Å². The molecule has 158 valence electrons. The van der Waals surface area contributed by atoms with Gasteiger partial charge in [-0.25, -0.2) is 9.98 Å². The quantitative estimate of drug-likeness (QED) is 0.357. The summed E-state index contributed by atoms with van der Waals surface area (Å²) < 4.78 is 0. The van der Waals surface area contributed by atoms with Crippen LogP contribution in [0.3, 0.4) is 0 Å². The first-order chi connectivity index (χ1) is 13.1. The molecule has 2 aliphatic heterocycles. The van der Waals surface area contributed by atoms with Crippen molar-refractivity contribution >= 4 is 35.8 Å². The first kappa shape index (κ1) is 23.2. The molecule has 0 radical (unpaired) electrons. The van der Waals surface area contributed by atoms with Crippen LogP contribution in [0.15, 0.2) is 23.3 Å². The minimum atomic E-state index is 0. The normalized spacial score (nSPS) is 23.2. The van der Waals surface area contributed by atoms with E-state index in [0.717, 1.165) is 50.1 Å². The van der Waals surface area contributed by atoms with Crippen LogP contribution in [-0.2, 0) is 6.54 Å². The molecule has 0 aromatic carbocycles. The van der Waals surface area contributed by atoms with E-state index >= 15 is 0 Å². The molecule has 2 N–H and O–H groups in total. The van der Waals surface area contributed by atoms with Crippen LogP contribution < -0.4 is 15.5 Å². The zero-order valence-electron chi connectivity index (χ0n) is 17.8.